The van der Waals surface area contributed by atoms with Gasteiger partial charge in [0.1, 0.15) is 0 Å². The quantitative estimate of drug-likeness (QED) is 0.921. The first-order valence-corrected chi connectivity index (χ1v) is 6.85. The van der Waals surface area contributed by atoms with Crippen molar-refractivity contribution in [2.45, 2.75) is 32.2 Å². The van der Waals surface area contributed by atoms with Crippen LogP contribution in [0, 0.1) is 11.8 Å². The van der Waals surface area contributed by atoms with Crippen LogP contribution in [0.25, 0.3) is 10.9 Å². The molecule has 1 N–H and O–H groups in total. The molecular weight excluding hydrogens is 240 g/mol. The Kier molecular flexibility index (Phi) is 3.23. The van der Waals surface area contributed by atoms with Gasteiger partial charge in [0.25, 0.3) is 0 Å². The smallest absolute Gasteiger partial charge is 0.306 e. The van der Waals surface area contributed by atoms with Gasteiger partial charge in [-0.15, -0.1) is 0 Å². The zero-order valence-corrected chi connectivity index (χ0v) is 10.8. The molecule has 0 saturated heterocycles. The Morgan fingerprint density at radius 2 is 2.11 bits per heavy atom. The Labute approximate surface area is 112 Å². The van der Waals surface area contributed by atoms with Crippen molar-refractivity contribution in [1.82, 2.24) is 9.55 Å². The third-order valence-electron chi connectivity index (χ3n) is 4.23. The molecule has 0 amide bonds. The minimum atomic E-state index is -0.630. The lowest BCUT2D eigenvalue weighted by Gasteiger charge is -2.26. The maximum atomic E-state index is 10.9. The Bertz CT molecular complexity index is 583. The Balaban J connectivity index is 1.68. The summed E-state index contributed by atoms with van der Waals surface area (Å²) in [6, 6.07) is 4.13. The number of rotatable bonds is 3. The molecule has 2 aromatic rings. The van der Waals surface area contributed by atoms with Crippen molar-refractivity contribution in [3.05, 3.63) is 30.7 Å². The molecule has 1 saturated carbocycles. The average Bonchev–Trinajstić information content (AvgIpc) is 2.83. The van der Waals surface area contributed by atoms with Gasteiger partial charge in [0, 0.05) is 24.3 Å². The number of hydrogen-bond donors (Lipinski definition) is 1. The molecule has 1 fully saturated rings. The van der Waals surface area contributed by atoms with Gasteiger partial charge in [-0.3, -0.25) is 9.78 Å². The van der Waals surface area contributed by atoms with E-state index in [-0.39, 0.29) is 5.92 Å². The van der Waals surface area contributed by atoms with E-state index in [0.29, 0.717) is 5.92 Å². The van der Waals surface area contributed by atoms with Crippen LogP contribution in [0.15, 0.2) is 30.7 Å². The predicted octanol–water partition coefficient (Wildman–Crippen LogP) is 2.93. The molecule has 3 rings (SSSR count). The summed E-state index contributed by atoms with van der Waals surface area (Å²) < 4.78 is 2.24. The Morgan fingerprint density at radius 3 is 2.84 bits per heavy atom. The standard InChI is InChI=1S/C15H18N2O2/c18-15(19)13-3-1-11(2-4-13)10-17-8-6-12-5-7-16-9-14(12)17/h5-9,11,13H,1-4,10H2,(H,18,19). The molecule has 0 unspecified atom stereocenters. The van der Waals surface area contributed by atoms with Crippen LogP contribution in [-0.2, 0) is 11.3 Å². The van der Waals surface area contributed by atoms with Gasteiger partial charge in [-0.1, -0.05) is 0 Å². The molecule has 2 aromatic heterocycles. The largest absolute Gasteiger partial charge is 0.481 e. The zero-order chi connectivity index (χ0) is 13.2. The van der Waals surface area contributed by atoms with Crippen LogP contribution in [0.5, 0.6) is 0 Å². The van der Waals surface area contributed by atoms with Crippen molar-refractivity contribution in [1.29, 1.82) is 0 Å². The average molecular weight is 258 g/mol. The fourth-order valence-electron chi connectivity index (χ4n) is 3.06. The van der Waals surface area contributed by atoms with Gasteiger partial charge >= 0.3 is 5.97 Å². The summed E-state index contributed by atoms with van der Waals surface area (Å²) in [5.41, 5.74) is 1.17. The van der Waals surface area contributed by atoms with Gasteiger partial charge in [0.15, 0.2) is 0 Å². The maximum absolute atomic E-state index is 10.9. The fraction of sp³-hybridized carbons (Fsp3) is 0.467. The number of carboxylic acid groups (broad SMARTS) is 1. The van der Waals surface area contributed by atoms with Crippen molar-refractivity contribution in [2.75, 3.05) is 0 Å². The number of fused-ring (bicyclic) bond motifs is 1. The van der Waals surface area contributed by atoms with Gasteiger partial charge in [-0.05, 0) is 43.7 Å². The summed E-state index contributed by atoms with van der Waals surface area (Å²) >= 11 is 0. The number of pyridine rings is 1. The third kappa shape index (κ3) is 2.48. The lowest BCUT2D eigenvalue weighted by molar-refractivity contribution is -0.143. The molecule has 0 atom stereocenters. The van der Waals surface area contributed by atoms with Crippen LogP contribution < -0.4 is 0 Å². The van der Waals surface area contributed by atoms with Crippen LogP contribution in [0.3, 0.4) is 0 Å². The second-order valence-corrected chi connectivity index (χ2v) is 5.46. The van der Waals surface area contributed by atoms with Gasteiger partial charge in [-0.25, -0.2) is 0 Å². The number of nitrogens with zero attached hydrogens (tertiary/aromatic N) is 2. The van der Waals surface area contributed by atoms with E-state index < -0.39 is 5.97 Å². The summed E-state index contributed by atoms with van der Waals surface area (Å²) in [7, 11) is 0. The van der Waals surface area contributed by atoms with Gasteiger partial charge in [-0.2, -0.15) is 0 Å². The van der Waals surface area contributed by atoms with Gasteiger partial charge < -0.3 is 9.67 Å². The van der Waals surface area contributed by atoms with E-state index in [1.807, 2.05) is 18.5 Å². The highest BCUT2D eigenvalue weighted by molar-refractivity contribution is 5.78. The number of aromatic nitrogens is 2. The van der Waals surface area contributed by atoms with E-state index in [0.717, 1.165) is 32.2 Å². The number of hydrogen-bond acceptors (Lipinski definition) is 2. The van der Waals surface area contributed by atoms with E-state index in [1.165, 1.54) is 10.9 Å². The zero-order valence-electron chi connectivity index (χ0n) is 10.8. The van der Waals surface area contributed by atoms with E-state index in [9.17, 15) is 4.79 Å². The normalized spacial score (nSPS) is 23.6. The first-order chi connectivity index (χ1) is 9.24. The highest BCUT2D eigenvalue weighted by Crippen LogP contribution is 2.30. The predicted molar refractivity (Wildman–Crippen MR) is 72.8 cm³/mol. The Morgan fingerprint density at radius 1 is 1.32 bits per heavy atom. The summed E-state index contributed by atoms with van der Waals surface area (Å²) in [5.74, 6) is -0.167. The van der Waals surface area contributed by atoms with Crippen LogP contribution in [-0.4, -0.2) is 20.6 Å². The fourth-order valence-corrected chi connectivity index (χ4v) is 3.06. The summed E-state index contributed by atoms with van der Waals surface area (Å²) in [4.78, 5) is 15.1. The molecule has 0 aliphatic heterocycles. The summed E-state index contributed by atoms with van der Waals surface area (Å²) in [6.45, 7) is 0.974. The monoisotopic (exact) mass is 258 g/mol. The number of carboxylic acids is 1. The molecule has 0 aromatic carbocycles. The van der Waals surface area contributed by atoms with Crippen LogP contribution in [0.4, 0.5) is 0 Å². The molecule has 2 heterocycles. The molecule has 0 radical (unpaired) electrons. The molecule has 0 bridgehead atoms. The van der Waals surface area contributed by atoms with Crippen molar-refractivity contribution in [3.63, 3.8) is 0 Å². The van der Waals surface area contributed by atoms with Gasteiger partial charge in [0.05, 0.1) is 17.6 Å². The molecule has 1 aliphatic carbocycles. The highest BCUT2D eigenvalue weighted by Gasteiger charge is 2.26. The molecule has 4 nitrogen and oxygen atoms in total. The molecule has 4 heteroatoms. The highest BCUT2D eigenvalue weighted by atomic mass is 16.4. The van der Waals surface area contributed by atoms with E-state index in [1.54, 1.807) is 0 Å². The first kappa shape index (κ1) is 12.2. The van der Waals surface area contributed by atoms with Crippen molar-refractivity contribution in [3.8, 4) is 0 Å². The molecule has 19 heavy (non-hydrogen) atoms. The Hall–Kier alpha value is -1.84. The van der Waals surface area contributed by atoms with Crippen LogP contribution in [0.1, 0.15) is 25.7 Å². The van der Waals surface area contributed by atoms with E-state index in [4.69, 9.17) is 5.11 Å². The maximum Gasteiger partial charge on any atom is 0.306 e. The third-order valence-corrected chi connectivity index (χ3v) is 4.23. The number of aliphatic carboxylic acids is 1. The lowest BCUT2D eigenvalue weighted by Crippen LogP contribution is -2.23. The van der Waals surface area contributed by atoms with E-state index >= 15 is 0 Å². The molecule has 1 aliphatic rings. The minimum Gasteiger partial charge on any atom is -0.481 e. The summed E-state index contributed by atoms with van der Waals surface area (Å²) in [6.07, 6.45) is 9.47. The van der Waals surface area contributed by atoms with E-state index in [2.05, 4.69) is 21.8 Å². The molecule has 0 spiro atoms. The van der Waals surface area contributed by atoms with Crippen molar-refractivity contribution < 1.29 is 9.90 Å². The second kappa shape index (κ2) is 5.03. The SMILES string of the molecule is O=C(O)C1CCC(Cn2ccc3ccncc32)CC1. The summed E-state index contributed by atoms with van der Waals surface area (Å²) in [5, 5.41) is 10.2. The second-order valence-electron chi connectivity index (χ2n) is 5.46. The van der Waals surface area contributed by atoms with Crippen molar-refractivity contribution in [2.24, 2.45) is 11.8 Å². The minimum absolute atomic E-state index is 0.126. The van der Waals surface area contributed by atoms with Crippen LogP contribution in [0.2, 0.25) is 0 Å². The lowest BCUT2D eigenvalue weighted by atomic mass is 9.82. The topological polar surface area (TPSA) is 55.1 Å². The van der Waals surface area contributed by atoms with Crippen molar-refractivity contribution >= 4 is 16.9 Å². The molecule has 100 valence electrons. The molecular formula is C15H18N2O2. The number of carbonyl (C=O) groups is 1. The first-order valence-electron chi connectivity index (χ1n) is 6.85. The van der Waals surface area contributed by atoms with Crippen LogP contribution >= 0.6 is 0 Å². The van der Waals surface area contributed by atoms with Gasteiger partial charge in [0.2, 0.25) is 0 Å².